The molecule has 0 spiro atoms. The third kappa shape index (κ3) is 4.08. The van der Waals surface area contributed by atoms with Crippen molar-refractivity contribution >= 4 is 28.2 Å². The minimum Gasteiger partial charge on any atom is -0.382 e. The largest absolute Gasteiger partial charge is 0.382 e. The highest BCUT2D eigenvalue weighted by atomic mass is 32.1. The molecule has 1 aliphatic rings. The molecule has 0 aliphatic carbocycles. The first-order valence-electron chi connectivity index (χ1n) is 7.10. The number of carbonyl (C=O) groups is 1. The molecule has 6 nitrogen and oxygen atoms in total. The fraction of sp³-hybridized carbons (Fsp3) is 0.692. The molecule has 0 radical (unpaired) electrons. The number of rotatable bonds is 6. The molecule has 1 aliphatic heterocycles. The fourth-order valence-electron chi connectivity index (χ4n) is 2.18. The van der Waals surface area contributed by atoms with Crippen molar-refractivity contribution in [2.24, 2.45) is 0 Å². The van der Waals surface area contributed by atoms with Gasteiger partial charge in [0.1, 0.15) is 10.7 Å². The summed E-state index contributed by atoms with van der Waals surface area (Å²) in [5, 5.41) is 6.63. The van der Waals surface area contributed by atoms with Crippen LogP contribution in [0.25, 0.3) is 0 Å². The lowest BCUT2D eigenvalue weighted by Gasteiger charge is -2.22. The van der Waals surface area contributed by atoms with E-state index in [4.69, 9.17) is 10.5 Å². The molecule has 1 saturated heterocycles. The summed E-state index contributed by atoms with van der Waals surface area (Å²) < 4.78 is 5.63. The molecule has 1 fully saturated rings. The van der Waals surface area contributed by atoms with E-state index in [1.54, 1.807) is 0 Å². The second-order valence-corrected chi connectivity index (χ2v) is 5.80. The zero-order chi connectivity index (χ0) is 14.4. The number of nitrogen functional groups attached to an aromatic ring is 1. The first-order chi connectivity index (χ1) is 9.70. The van der Waals surface area contributed by atoms with E-state index in [1.807, 2.05) is 6.92 Å². The number of aromatic nitrogens is 1. The summed E-state index contributed by atoms with van der Waals surface area (Å²) in [7, 11) is 0. The lowest BCUT2D eigenvalue weighted by molar-refractivity contribution is 0.0117. The Bertz CT molecular complexity index is 444. The van der Waals surface area contributed by atoms with Gasteiger partial charge in [-0.2, -0.15) is 0 Å². The molecule has 0 saturated carbocycles. The molecule has 112 valence electrons. The van der Waals surface area contributed by atoms with Gasteiger partial charge in [0.15, 0.2) is 5.13 Å². The summed E-state index contributed by atoms with van der Waals surface area (Å²) in [6.07, 6.45) is 4.58. The molecule has 4 N–H and O–H groups in total. The summed E-state index contributed by atoms with van der Waals surface area (Å²) in [5.74, 6) is 0.136. The van der Waals surface area contributed by atoms with E-state index >= 15 is 0 Å². The Labute approximate surface area is 123 Å². The number of nitrogens with one attached hydrogen (secondary N) is 2. The topological polar surface area (TPSA) is 89.3 Å². The van der Waals surface area contributed by atoms with Crippen molar-refractivity contribution in [3.8, 4) is 0 Å². The molecule has 0 aromatic carbocycles. The second-order valence-electron chi connectivity index (χ2n) is 4.80. The number of anilines is 2. The van der Waals surface area contributed by atoms with Crippen LogP contribution in [-0.2, 0) is 4.74 Å². The first kappa shape index (κ1) is 15.1. The summed E-state index contributed by atoms with van der Waals surface area (Å²) >= 11 is 1.29. The molecule has 2 heterocycles. The molecule has 1 amide bonds. The van der Waals surface area contributed by atoms with Gasteiger partial charge in [0.05, 0.1) is 6.10 Å². The summed E-state index contributed by atoms with van der Waals surface area (Å²) in [5.41, 5.74) is 5.76. The summed E-state index contributed by atoms with van der Waals surface area (Å²) in [6.45, 7) is 4.18. The number of carbonyl (C=O) groups excluding carboxylic acids is 1. The SMILES string of the molecule is CCNc1nc(N)c(C(=O)NCCC2CCCCO2)s1. The van der Waals surface area contributed by atoms with Gasteiger partial charge in [0.25, 0.3) is 5.91 Å². The molecule has 7 heteroatoms. The lowest BCUT2D eigenvalue weighted by Crippen LogP contribution is -2.29. The van der Waals surface area contributed by atoms with Gasteiger partial charge >= 0.3 is 0 Å². The maximum Gasteiger partial charge on any atom is 0.265 e. The summed E-state index contributed by atoms with van der Waals surface area (Å²) in [6, 6.07) is 0. The van der Waals surface area contributed by atoms with Gasteiger partial charge in [-0.25, -0.2) is 4.98 Å². The predicted octanol–water partition coefficient (Wildman–Crippen LogP) is 1.85. The van der Waals surface area contributed by atoms with Crippen molar-refractivity contribution in [1.82, 2.24) is 10.3 Å². The van der Waals surface area contributed by atoms with E-state index in [9.17, 15) is 4.79 Å². The van der Waals surface area contributed by atoms with E-state index in [1.165, 1.54) is 17.8 Å². The van der Waals surface area contributed by atoms with Gasteiger partial charge in [-0.1, -0.05) is 11.3 Å². The average molecular weight is 298 g/mol. The Balaban J connectivity index is 1.79. The first-order valence-corrected chi connectivity index (χ1v) is 7.92. The Kier molecular flexibility index (Phi) is 5.60. The normalized spacial score (nSPS) is 18.8. The van der Waals surface area contributed by atoms with E-state index in [0.29, 0.717) is 16.6 Å². The number of thiazole rings is 1. The molecular weight excluding hydrogens is 276 g/mol. The Morgan fingerprint density at radius 3 is 3.10 bits per heavy atom. The third-order valence-electron chi connectivity index (χ3n) is 3.21. The molecule has 2 rings (SSSR count). The smallest absolute Gasteiger partial charge is 0.265 e. The van der Waals surface area contributed by atoms with Crippen LogP contribution in [0, 0.1) is 0 Å². The highest BCUT2D eigenvalue weighted by molar-refractivity contribution is 7.18. The number of nitrogens with zero attached hydrogens (tertiary/aromatic N) is 1. The van der Waals surface area contributed by atoms with Gasteiger partial charge < -0.3 is 21.1 Å². The quantitative estimate of drug-likeness (QED) is 0.746. The van der Waals surface area contributed by atoms with Crippen molar-refractivity contribution in [3.05, 3.63) is 4.88 Å². The van der Waals surface area contributed by atoms with Crippen molar-refractivity contribution in [1.29, 1.82) is 0 Å². The van der Waals surface area contributed by atoms with Crippen molar-refractivity contribution in [2.45, 2.75) is 38.7 Å². The van der Waals surface area contributed by atoms with Crippen LogP contribution < -0.4 is 16.4 Å². The molecule has 1 atom stereocenters. The van der Waals surface area contributed by atoms with Gasteiger partial charge in [-0.15, -0.1) is 0 Å². The monoisotopic (exact) mass is 298 g/mol. The van der Waals surface area contributed by atoms with E-state index < -0.39 is 0 Å². The van der Waals surface area contributed by atoms with Crippen LogP contribution in [0.4, 0.5) is 10.9 Å². The van der Waals surface area contributed by atoms with Crippen molar-refractivity contribution < 1.29 is 9.53 Å². The Morgan fingerprint density at radius 1 is 1.55 bits per heavy atom. The van der Waals surface area contributed by atoms with Gasteiger partial charge in [-0.3, -0.25) is 4.79 Å². The molecule has 1 unspecified atom stereocenters. The Morgan fingerprint density at radius 2 is 2.40 bits per heavy atom. The molecule has 0 bridgehead atoms. The number of amides is 1. The fourth-order valence-corrected chi connectivity index (χ4v) is 3.05. The van der Waals surface area contributed by atoms with Crippen LogP contribution in [0.1, 0.15) is 42.3 Å². The highest BCUT2D eigenvalue weighted by Gasteiger charge is 2.17. The van der Waals surface area contributed by atoms with Crippen LogP contribution in [-0.4, -0.2) is 36.7 Å². The predicted molar refractivity (Wildman–Crippen MR) is 81.2 cm³/mol. The van der Waals surface area contributed by atoms with Gasteiger partial charge in [0, 0.05) is 19.7 Å². The number of nitrogens with two attached hydrogens (primary N) is 1. The third-order valence-corrected chi connectivity index (χ3v) is 4.24. The Hall–Kier alpha value is -1.34. The maximum absolute atomic E-state index is 12.0. The van der Waals surface area contributed by atoms with Crippen LogP contribution in [0.5, 0.6) is 0 Å². The van der Waals surface area contributed by atoms with E-state index in [-0.39, 0.29) is 17.8 Å². The van der Waals surface area contributed by atoms with Crippen molar-refractivity contribution in [2.75, 3.05) is 30.7 Å². The van der Waals surface area contributed by atoms with E-state index in [0.717, 1.165) is 32.4 Å². The lowest BCUT2D eigenvalue weighted by atomic mass is 10.1. The van der Waals surface area contributed by atoms with Crippen LogP contribution >= 0.6 is 11.3 Å². The highest BCUT2D eigenvalue weighted by Crippen LogP contribution is 2.24. The summed E-state index contributed by atoms with van der Waals surface area (Å²) in [4.78, 5) is 16.6. The minimum absolute atomic E-state index is 0.153. The van der Waals surface area contributed by atoms with Crippen LogP contribution in [0.2, 0.25) is 0 Å². The van der Waals surface area contributed by atoms with Gasteiger partial charge in [-0.05, 0) is 32.6 Å². The molecule has 1 aromatic heterocycles. The van der Waals surface area contributed by atoms with Gasteiger partial charge in [0.2, 0.25) is 0 Å². The second kappa shape index (κ2) is 7.44. The number of hydrogen-bond donors (Lipinski definition) is 3. The number of ether oxygens (including phenoxy) is 1. The zero-order valence-corrected chi connectivity index (χ0v) is 12.6. The van der Waals surface area contributed by atoms with Crippen molar-refractivity contribution in [3.63, 3.8) is 0 Å². The van der Waals surface area contributed by atoms with E-state index in [2.05, 4.69) is 15.6 Å². The molecule has 1 aromatic rings. The minimum atomic E-state index is -0.153. The standard InChI is InChI=1S/C13H22N4O2S/c1-2-15-13-17-11(14)10(20-13)12(18)16-7-6-9-5-3-4-8-19-9/h9H,2-8,14H2,1H3,(H,15,17)(H,16,18). The zero-order valence-electron chi connectivity index (χ0n) is 11.8. The van der Waals surface area contributed by atoms with Crippen LogP contribution in [0.15, 0.2) is 0 Å². The number of hydrogen-bond acceptors (Lipinski definition) is 6. The maximum atomic E-state index is 12.0. The average Bonchev–Trinajstić information content (AvgIpc) is 2.81. The molecular formula is C13H22N4O2S. The molecule has 20 heavy (non-hydrogen) atoms. The van der Waals surface area contributed by atoms with Crippen LogP contribution in [0.3, 0.4) is 0 Å².